The Labute approximate surface area is 156 Å². The second kappa shape index (κ2) is 7.49. The van der Waals surface area contributed by atoms with Crippen molar-refractivity contribution >= 4 is 11.0 Å². The number of benzene rings is 2. The van der Waals surface area contributed by atoms with Crippen molar-refractivity contribution in [2.75, 3.05) is 35.5 Å². The Morgan fingerprint density at radius 2 is 1.22 bits per heavy atom. The van der Waals surface area contributed by atoms with Crippen LogP contribution in [0.1, 0.15) is 0 Å². The van der Waals surface area contributed by atoms with Crippen LogP contribution in [0.15, 0.2) is 39.5 Å². The SMILES string of the molecule is COc1cc2oc(-c3cc(OC)c(OC)c(OC)c3)cc(=O)c2cc1OC. The molecule has 142 valence electrons. The zero-order valence-electron chi connectivity index (χ0n) is 15.7. The first-order valence-corrected chi connectivity index (χ1v) is 8.06. The minimum absolute atomic E-state index is 0.207. The average molecular weight is 372 g/mol. The van der Waals surface area contributed by atoms with Gasteiger partial charge in [-0.15, -0.1) is 0 Å². The first kappa shape index (κ1) is 18.4. The minimum atomic E-state index is -0.207. The molecule has 0 aliphatic rings. The van der Waals surface area contributed by atoms with E-state index < -0.39 is 0 Å². The quantitative estimate of drug-likeness (QED) is 0.655. The first-order valence-electron chi connectivity index (χ1n) is 8.06. The molecule has 0 aliphatic carbocycles. The highest BCUT2D eigenvalue weighted by Crippen LogP contribution is 2.41. The molecule has 0 aliphatic heterocycles. The summed E-state index contributed by atoms with van der Waals surface area (Å²) in [5.74, 6) is 2.66. The second-order valence-corrected chi connectivity index (χ2v) is 5.59. The van der Waals surface area contributed by atoms with Gasteiger partial charge in [0.15, 0.2) is 28.4 Å². The van der Waals surface area contributed by atoms with E-state index in [2.05, 4.69) is 0 Å². The van der Waals surface area contributed by atoms with Crippen LogP contribution in [0.5, 0.6) is 28.7 Å². The monoisotopic (exact) mass is 372 g/mol. The van der Waals surface area contributed by atoms with Gasteiger partial charge in [0.25, 0.3) is 0 Å². The van der Waals surface area contributed by atoms with Crippen molar-refractivity contribution in [3.63, 3.8) is 0 Å². The molecular formula is C20H20O7. The molecule has 7 heteroatoms. The predicted molar refractivity (Wildman–Crippen MR) is 101 cm³/mol. The van der Waals surface area contributed by atoms with Crippen LogP contribution in [0.2, 0.25) is 0 Å². The van der Waals surface area contributed by atoms with Gasteiger partial charge in [-0.3, -0.25) is 4.79 Å². The van der Waals surface area contributed by atoms with Gasteiger partial charge in [0.2, 0.25) is 5.75 Å². The van der Waals surface area contributed by atoms with Crippen LogP contribution in [0.25, 0.3) is 22.3 Å². The molecule has 0 unspecified atom stereocenters. The summed E-state index contributed by atoms with van der Waals surface area (Å²) in [6, 6.07) is 8.06. The molecule has 1 heterocycles. The van der Waals surface area contributed by atoms with E-state index in [0.29, 0.717) is 51.0 Å². The van der Waals surface area contributed by atoms with Crippen LogP contribution in [0.4, 0.5) is 0 Å². The third-order valence-electron chi connectivity index (χ3n) is 4.18. The van der Waals surface area contributed by atoms with Gasteiger partial charge in [-0.05, 0) is 18.2 Å². The Morgan fingerprint density at radius 3 is 1.74 bits per heavy atom. The summed E-state index contributed by atoms with van der Waals surface area (Å²) < 4.78 is 32.5. The van der Waals surface area contributed by atoms with Crippen molar-refractivity contribution in [1.29, 1.82) is 0 Å². The predicted octanol–water partition coefficient (Wildman–Crippen LogP) is 3.50. The molecule has 3 aromatic rings. The van der Waals surface area contributed by atoms with E-state index in [-0.39, 0.29) is 5.43 Å². The third kappa shape index (κ3) is 3.23. The maximum atomic E-state index is 12.6. The summed E-state index contributed by atoms with van der Waals surface area (Å²) in [6.45, 7) is 0. The van der Waals surface area contributed by atoms with E-state index in [1.807, 2.05) is 0 Å². The Bertz CT molecular complexity index is 1010. The third-order valence-corrected chi connectivity index (χ3v) is 4.18. The Balaban J connectivity index is 2.24. The van der Waals surface area contributed by atoms with Crippen molar-refractivity contribution in [3.8, 4) is 40.1 Å². The van der Waals surface area contributed by atoms with Crippen molar-refractivity contribution in [3.05, 3.63) is 40.6 Å². The van der Waals surface area contributed by atoms with E-state index in [0.717, 1.165) is 0 Å². The number of rotatable bonds is 6. The smallest absolute Gasteiger partial charge is 0.203 e. The molecule has 2 aromatic carbocycles. The molecule has 27 heavy (non-hydrogen) atoms. The molecule has 0 atom stereocenters. The molecule has 0 radical (unpaired) electrons. The number of hydrogen-bond donors (Lipinski definition) is 0. The summed E-state index contributed by atoms with van der Waals surface area (Å²) in [6.07, 6.45) is 0. The zero-order chi connectivity index (χ0) is 19.6. The van der Waals surface area contributed by atoms with Crippen LogP contribution in [-0.4, -0.2) is 35.5 Å². The standard InChI is InChI=1S/C20H20O7/c1-22-16-8-12-13(21)9-14(27-15(12)10-17(16)23-2)11-6-18(24-3)20(26-5)19(7-11)25-4/h6-10H,1-5H3. The largest absolute Gasteiger partial charge is 0.493 e. The molecule has 3 rings (SSSR count). The second-order valence-electron chi connectivity index (χ2n) is 5.59. The summed E-state index contributed by atoms with van der Waals surface area (Å²) in [5.41, 5.74) is 0.781. The zero-order valence-corrected chi connectivity index (χ0v) is 15.7. The van der Waals surface area contributed by atoms with E-state index in [1.165, 1.54) is 41.6 Å². The highest BCUT2D eigenvalue weighted by molar-refractivity contribution is 5.83. The van der Waals surface area contributed by atoms with Crippen LogP contribution >= 0.6 is 0 Å². The molecule has 0 saturated heterocycles. The average Bonchev–Trinajstić information content (AvgIpc) is 2.71. The fourth-order valence-electron chi connectivity index (χ4n) is 2.85. The van der Waals surface area contributed by atoms with E-state index in [4.69, 9.17) is 28.1 Å². The number of ether oxygens (including phenoxy) is 5. The maximum absolute atomic E-state index is 12.6. The summed E-state index contributed by atoms with van der Waals surface area (Å²) in [7, 11) is 7.60. The summed E-state index contributed by atoms with van der Waals surface area (Å²) in [4.78, 5) is 12.6. The highest BCUT2D eigenvalue weighted by atomic mass is 16.5. The minimum Gasteiger partial charge on any atom is -0.493 e. The van der Waals surface area contributed by atoms with Gasteiger partial charge in [-0.2, -0.15) is 0 Å². The van der Waals surface area contributed by atoms with Gasteiger partial charge in [0.05, 0.1) is 40.9 Å². The lowest BCUT2D eigenvalue weighted by Crippen LogP contribution is -2.02. The lowest BCUT2D eigenvalue weighted by atomic mass is 10.1. The summed E-state index contributed by atoms with van der Waals surface area (Å²) in [5, 5.41) is 0.392. The Hall–Kier alpha value is -3.35. The van der Waals surface area contributed by atoms with Gasteiger partial charge < -0.3 is 28.1 Å². The maximum Gasteiger partial charge on any atom is 0.203 e. The van der Waals surface area contributed by atoms with Gasteiger partial charge >= 0.3 is 0 Å². The Morgan fingerprint density at radius 1 is 0.667 bits per heavy atom. The van der Waals surface area contributed by atoms with E-state index >= 15 is 0 Å². The highest BCUT2D eigenvalue weighted by Gasteiger charge is 2.17. The van der Waals surface area contributed by atoms with Crippen LogP contribution in [0, 0.1) is 0 Å². The molecule has 0 bridgehead atoms. The van der Waals surface area contributed by atoms with Gasteiger partial charge in [0, 0.05) is 17.7 Å². The van der Waals surface area contributed by atoms with Crippen LogP contribution in [-0.2, 0) is 0 Å². The van der Waals surface area contributed by atoms with Crippen molar-refractivity contribution < 1.29 is 28.1 Å². The lowest BCUT2D eigenvalue weighted by molar-refractivity contribution is 0.324. The molecule has 0 spiro atoms. The fourth-order valence-corrected chi connectivity index (χ4v) is 2.85. The number of methoxy groups -OCH3 is 5. The molecule has 0 saturated carbocycles. The van der Waals surface area contributed by atoms with Gasteiger partial charge in [0.1, 0.15) is 11.3 Å². The molecule has 1 aromatic heterocycles. The van der Waals surface area contributed by atoms with Crippen molar-refractivity contribution in [2.24, 2.45) is 0 Å². The molecule has 0 fully saturated rings. The molecular weight excluding hydrogens is 352 g/mol. The van der Waals surface area contributed by atoms with Gasteiger partial charge in [-0.1, -0.05) is 0 Å². The first-order chi connectivity index (χ1) is 13.1. The lowest BCUT2D eigenvalue weighted by Gasteiger charge is -2.14. The van der Waals surface area contributed by atoms with Crippen LogP contribution < -0.4 is 29.1 Å². The van der Waals surface area contributed by atoms with Crippen molar-refractivity contribution in [2.45, 2.75) is 0 Å². The van der Waals surface area contributed by atoms with Gasteiger partial charge in [-0.25, -0.2) is 0 Å². The molecule has 7 nitrogen and oxygen atoms in total. The summed E-state index contributed by atoms with van der Waals surface area (Å²) >= 11 is 0. The fraction of sp³-hybridized carbons (Fsp3) is 0.250. The molecule has 0 N–H and O–H groups in total. The van der Waals surface area contributed by atoms with E-state index in [9.17, 15) is 4.79 Å². The topological polar surface area (TPSA) is 76.4 Å². The van der Waals surface area contributed by atoms with Crippen LogP contribution in [0.3, 0.4) is 0 Å². The van der Waals surface area contributed by atoms with E-state index in [1.54, 1.807) is 24.3 Å². The number of hydrogen-bond acceptors (Lipinski definition) is 7. The van der Waals surface area contributed by atoms with Crippen molar-refractivity contribution in [1.82, 2.24) is 0 Å². The Kier molecular flexibility index (Phi) is 5.12. The number of fused-ring (bicyclic) bond motifs is 1. The normalized spacial score (nSPS) is 10.6. The molecule has 0 amide bonds.